The van der Waals surface area contributed by atoms with E-state index in [2.05, 4.69) is 4.40 Å². The van der Waals surface area contributed by atoms with E-state index >= 15 is 0 Å². The molecular formula is C11H8F3NO2S. The highest BCUT2D eigenvalue weighted by Crippen LogP contribution is 2.33. The fraction of sp³-hybridized carbons (Fsp3) is 0.182. The molecule has 7 heteroatoms. The minimum absolute atomic E-state index is 0.00887. The van der Waals surface area contributed by atoms with Crippen molar-refractivity contribution in [1.29, 1.82) is 0 Å². The average Bonchev–Trinajstić information content (AvgIpc) is 2.51. The highest BCUT2D eigenvalue weighted by Gasteiger charge is 2.32. The lowest BCUT2D eigenvalue weighted by atomic mass is 10.1. The first kappa shape index (κ1) is 12.8. The first-order chi connectivity index (χ1) is 8.20. The number of allylic oxidation sites excluding steroid dienone is 1. The Morgan fingerprint density at radius 2 is 1.89 bits per heavy atom. The first-order valence-corrected chi connectivity index (χ1v) is 6.35. The van der Waals surface area contributed by atoms with E-state index in [0.717, 1.165) is 12.1 Å². The van der Waals surface area contributed by atoms with E-state index in [9.17, 15) is 21.6 Å². The molecule has 0 amide bonds. The molecule has 0 radical (unpaired) electrons. The molecule has 96 valence electrons. The molecule has 1 aliphatic heterocycles. The van der Waals surface area contributed by atoms with Gasteiger partial charge in [-0.25, -0.2) is 0 Å². The van der Waals surface area contributed by atoms with Gasteiger partial charge in [0.05, 0.1) is 16.2 Å². The molecule has 18 heavy (non-hydrogen) atoms. The van der Waals surface area contributed by atoms with Crippen LogP contribution < -0.4 is 0 Å². The maximum absolute atomic E-state index is 12.5. The van der Waals surface area contributed by atoms with Crippen molar-refractivity contribution in [3.63, 3.8) is 0 Å². The van der Waals surface area contributed by atoms with Crippen LogP contribution in [0.4, 0.5) is 13.2 Å². The third-order valence-electron chi connectivity index (χ3n) is 2.36. The molecule has 3 nitrogen and oxygen atoms in total. The van der Waals surface area contributed by atoms with E-state index in [-0.39, 0.29) is 16.2 Å². The van der Waals surface area contributed by atoms with Crippen molar-refractivity contribution in [2.24, 2.45) is 4.40 Å². The second-order valence-electron chi connectivity index (χ2n) is 3.79. The van der Waals surface area contributed by atoms with Crippen LogP contribution in [0.3, 0.4) is 0 Å². The fourth-order valence-electron chi connectivity index (χ4n) is 1.61. The normalized spacial score (nSPS) is 18.4. The number of halogens is 3. The largest absolute Gasteiger partial charge is 0.416 e. The number of sulfonamides is 1. The Morgan fingerprint density at radius 3 is 2.39 bits per heavy atom. The molecule has 0 saturated heterocycles. The first-order valence-electron chi connectivity index (χ1n) is 4.91. The van der Waals surface area contributed by atoms with Crippen molar-refractivity contribution in [1.82, 2.24) is 0 Å². The van der Waals surface area contributed by atoms with Crippen molar-refractivity contribution < 1.29 is 21.6 Å². The monoisotopic (exact) mass is 275 g/mol. The van der Waals surface area contributed by atoms with Gasteiger partial charge in [0.1, 0.15) is 0 Å². The van der Waals surface area contributed by atoms with Crippen LogP contribution >= 0.6 is 0 Å². The van der Waals surface area contributed by atoms with Gasteiger partial charge in [-0.3, -0.25) is 0 Å². The Kier molecular flexibility index (Phi) is 2.81. The Hall–Kier alpha value is -1.63. The molecule has 0 aromatic heterocycles. The highest BCUT2D eigenvalue weighted by atomic mass is 32.2. The number of hydrogen-bond donors (Lipinski definition) is 0. The van der Waals surface area contributed by atoms with Gasteiger partial charge < -0.3 is 0 Å². The lowest BCUT2D eigenvalue weighted by Gasteiger charge is -2.08. The molecule has 1 heterocycles. The van der Waals surface area contributed by atoms with Gasteiger partial charge in [0, 0.05) is 0 Å². The van der Waals surface area contributed by atoms with E-state index in [0.29, 0.717) is 0 Å². The summed E-state index contributed by atoms with van der Waals surface area (Å²) in [7, 11) is -3.87. The average molecular weight is 275 g/mol. The summed E-state index contributed by atoms with van der Waals surface area (Å²) in [5.74, 6) is 0. The van der Waals surface area contributed by atoms with Gasteiger partial charge in [-0.15, -0.1) is 0 Å². The summed E-state index contributed by atoms with van der Waals surface area (Å²) in [6.07, 6.45) is -3.25. The van der Waals surface area contributed by atoms with Gasteiger partial charge in [-0.2, -0.15) is 26.0 Å². The third kappa shape index (κ3) is 2.31. The van der Waals surface area contributed by atoms with Gasteiger partial charge in [-0.05, 0) is 30.7 Å². The smallest absolute Gasteiger partial charge is 0.199 e. The van der Waals surface area contributed by atoms with Gasteiger partial charge >= 0.3 is 6.18 Å². The summed E-state index contributed by atoms with van der Waals surface area (Å²) in [5.41, 5.74) is -0.645. The van der Waals surface area contributed by atoms with Crippen LogP contribution in [0.2, 0.25) is 0 Å². The maximum atomic E-state index is 12.5. The predicted molar refractivity (Wildman–Crippen MR) is 61.4 cm³/mol. The van der Waals surface area contributed by atoms with Crippen LogP contribution in [-0.2, 0) is 16.2 Å². The zero-order valence-electron chi connectivity index (χ0n) is 9.19. The summed E-state index contributed by atoms with van der Waals surface area (Å²) in [4.78, 5) is -0.203. The molecule has 2 rings (SSSR count). The Labute approximate surface area is 102 Å². The topological polar surface area (TPSA) is 46.5 Å². The van der Waals surface area contributed by atoms with Crippen LogP contribution in [0.25, 0.3) is 4.91 Å². The van der Waals surface area contributed by atoms with Gasteiger partial charge in [-0.1, -0.05) is 12.1 Å². The predicted octanol–water partition coefficient (Wildman–Crippen LogP) is 2.85. The lowest BCUT2D eigenvalue weighted by Crippen LogP contribution is -2.06. The number of benzene rings is 1. The van der Waals surface area contributed by atoms with E-state index in [1.54, 1.807) is 0 Å². The van der Waals surface area contributed by atoms with Crippen molar-refractivity contribution in [3.05, 3.63) is 41.5 Å². The molecule has 0 fully saturated rings. The molecule has 0 spiro atoms. The van der Waals surface area contributed by atoms with E-state index in [1.807, 2.05) is 0 Å². The molecule has 0 aliphatic carbocycles. The van der Waals surface area contributed by atoms with Crippen molar-refractivity contribution in [3.8, 4) is 0 Å². The molecule has 0 bridgehead atoms. The molecule has 0 saturated carbocycles. The molecule has 1 aromatic carbocycles. The van der Waals surface area contributed by atoms with E-state index in [1.165, 1.54) is 25.1 Å². The van der Waals surface area contributed by atoms with Crippen LogP contribution in [0, 0.1) is 0 Å². The molecule has 0 atom stereocenters. The van der Waals surface area contributed by atoms with Crippen LogP contribution in [-0.4, -0.2) is 14.1 Å². The molecule has 0 unspecified atom stereocenters. The number of rotatable bonds is 1. The second-order valence-corrected chi connectivity index (χ2v) is 5.37. The minimum atomic E-state index is -4.51. The Balaban J connectivity index is 2.53. The summed E-state index contributed by atoms with van der Waals surface area (Å²) in [6, 6.07) is 4.17. The summed E-state index contributed by atoms with van der Waals surface area (Å²) < 4.78 is 64.2. The second kappa shape index (κ2) is 3.94. The lowest BCUT2D eigenvalue weighted by molar-refractivity contribution is -0.137. The van der Waals surface area contributed by atoms with Crippen molar-refractivity contribution in [2.45, 2.75) is 13.1 Å². The molecule has 1 aliphatic rings. The zero-order valence-corrected chi connectivity index (χ0v) is 10.0. The summed E-state index contributed by atoms with van der Waals surface area (Å²) in [6.45, 7) is 1.47. The zero-order chi connectivity index (χ0) is 13.6. The minimum Gasteiger partial charge on any atom is -0.199 e. The van der Waals surface area contributed by atoms with Crippen LogP contribution in [0.1, 0.15) is 18.1 Å². The van der Waals surface area contributed by atoms with Crippen molar-refractivity contribution in [2.75, 3.05) is 0 Å². The molecule has 1 aromatic rings. The van der Waals surface area contributed by atoms with Crippen LogP contribution in [0.15, 0.2) is 34.7 Å². The highest BCUT2D eigenvalue weighted by molar-refractivity contribution is 8.00. The van der Waals surface area contributed by atoms with Crippen LogP contribution in [0.5, 0.6) is 0 Å². The third-order valence-corrected chi connectivity index (χ3v) is 3.79. The van der Waals surface area contributed by atoms with Gasteiger partial charge in [0.25, 0.3) is 10.0 Å². The Morgan fingerprint density at radius 1 is 1.22 bits per heavy atom. The fourth-order valence-corrected chi connectivity index (χ4v) is 2.88. The quantitative estimate of drug-likeness (QED) is 0.791. The van der Waals surface area contributed by atoms with Gasteiger partial charge in [0.2, 0.25) is 0 Å². The molecule has 0 N–H and O–H groups in total. The number of nitrogens with zero attached hydrogens (tertiary/aromatic N) is 1. The van der Waals surface area contributed by atoms with Crippen molar-refractivity contribution >= 4 is 20.6 Å². The number of alkyl halides is 3. The molecular weight excluding hydrogens is 267 g/mol. The van der Waals surface area contributed by atoms with E-state index in [4.69, 9.17) is 0 Å². The maximum Gasteiger partial charge on any atom is 0.416 e. The summed E-state index contributed by atoms with van der Waals surface area (Å²) in [5, 5.41) is 0. The standard InChI is InChI=1S/C11H8F3NO2S/c1-7-5-10(18(16,17)15-7)8-3-2-4-9(6-8)11(12,13)14/h2-6H,1H3. The van der Waals surface area contributed by atoms with Gasteiger partial charge in [0.15, 0.2) is 0 Å². The van der Waals surface area contributed by atoms with E-state index < -0.39 is 21.8 Å². The summed E-state index contributed by atoms with van der Waals surface area (Å²) >= 11 is 0. The SMILES string of the molecule is CC1=NS(=O)(=O)C(c2cccc(C(F)(F)F)c2)=C1. The Bertz CT molecular complexity index is 657. The number of hydrogen-bond acceptors (Lipinski definition) is 2.